The number of piperazine rings is 1. The summed E-state index contributed by atoms with van der Waals surface area (Å²) in [4.78, 5) is 16.0. The molecule has 2 heterocycles. The minimum Gasteiger partial charge on any atom is -0.337 e. The van der Waals surface area contributed by atoms with Crippen LogP contribution in [-0.4, -0.2) is 47.9 Å². The highest BCUT2D eigenvalue weighted by Gasteiger charge is 2.34. The smallest absolute Gasteiger partial charge is 0.222 e. The maximum atomic E-state index is 11.5. The van der Waals surface area contributed by atoms with E-state index in [4.69, 9.17) is 6.42 Å². The van der Waals surface area contributed by atoms with Crippen molar-refractivity contribution in [2.75, 3.05) is 26.2 Å². The zero-order valence-corrected chi connectivity index (χ0v) is 9.11. The van der Waals surface area contributed by atoms with Crippen molar-refractivity contribution < 1.29 is 4.79 Å². The lowest BCUT2D eigenvalue weighted by Crippen LogP contribution is -2.51. The minimum absolute atomic E-state index is 0.350. The van der Waals surface area contributed by atoms with Gasteiger partial charge in [0, 0.05) is 38.5 Å². The molecule has 2 rings (SSSR count). The average Bonchev–Trinajstić information content (AvgIpc) is 2.61. The van der Waals surface area contributed by atoms with E-state index in [2.05, 4.69) is 15.7 Å². The Morgan fingerprint density at radius 2 is 2.33 bits per heavy atom. The zero-order valence-electron chi connectivity index (χ0n) is 9.11. The van der Waals surface area contributed by atoms with Gasteiger partial charge in [-0.3, -0.25) is 9.69 Å². The third kappa shape index (κ3) is 2.32. The molecule has 2 fully saturated rings. The van der Waals surface area contributed by atoms with Crippen molar-refractivity contribution >= 4 is 5.91 Å². The first kappa shape index (κ1) is 10.5. The number of terminal acetylenes is 1. The molecular formula is C12H18N2O. The predicted octanol–water partition coefficient (Wildman–Crippen LogP) is 0.706. The maximum Gasteiger partial charge on any atom is 0.222 e. The fraction of sp³-hybridized carbons (Fsp3) is 0.750. The van der Waals surface area contributed by atoms with E-state index in [1.54, 1.807) is 0 Å². The van der Waals surface area contributed by atoms with Gasteiger partial charge in [0.25, 0.3) is 0 Å². The van der Waals surface area contributed by atoms with Gasteiger partial charge in [0.15, 0.2) is 0 Å². The summed E-state index contributed by atoms with van der Waals surface area (Å²) in [5.41, 5.74) is 0. The van der Waals surface area contributed by atoms with Crippen LogP contribution in [0.25, 0.3) is 0 Å². The van der Waals surface area contributed by atoms with Gasteiger partial charge in [0.05, 0.1) is 0 Å². The first-order valence-corrected chi connectivity index (χ1v) is 5.76. The Labute approximate surface area is 91.4 Å². The van der Waals surface area contributed by atoms with E-state index in [-0.39, 0.29) is 0 Å². The number of carbonyl (C=O) groups excluding carboxylic acids is 1. The van der Waals surface area contributed by atoms with E-state index in [9.17, 15) is 4.79 Å². The second-order valence-corrected chi connectivity index (χ2v) is 4.39. The van der Waals surface area contributed by atoms with Crippen molar-refractivity contribution in [3.05, 3.63) is 0 Å². The number of rotatable bonds is 3. The van der Waals surface area contributed by atoms with Gasteiger partial charge in [-0.2, -0.15) is 0 Å². The van der Waals surface area contributed by atoms with Crippen LogP contribution in [0.4, 0.5) is 0 Å². The number of unbranched alkanes of at least 4 members (excludes halogenated alkanes) is 1. The molecule has 0 aromatic carbocycles. The second kappa shape index (κ2) is 4.67. The molecule has 0 saturated carbocycles. The van der Waals surface area contributed by atoms with Gasteiger partial charge < -0.3 is 4.90 Å². The molecule has 0 N–H and O–H groups in total. The summed E-state index contributed by atoms with van der Waals surface area (Å²) in [6.45, 7) is 4.07. The molecule has 2 saturated heterocycles. The zero-order chi connectivity index (χ0) is 10.7. The molecular weight excluding hydrogens is 188 g/mol. The molecule has 3 heteroatoms. The van der Waals surface area contributed by atoms with Crippen LogP contribution in [0.1, 0.15) is 25.7 Å². The van der Waals surface area contributed by atoms with E-state index in [0.717, 1.165) is 51.9 Å². The van der Waals surface area contributed by atoms with Gasteiger partial charge in [0.1, 0.15) is 0 Å². The highest BCUT2D eigenvalue weighted by Crippen LogP contribution is 2.22. The number of carbonyl (C=O) groups is 1. The SMILES string of the molecule is C#CCCCN1CCN2C(=O)CCC2C1. The van der Waals surface area contributed by atoms with Gasteiger partial charge in [-0.1, -0.05) is 0 Å². The molecule has 0 aliphatic carbocycles. The lowest BCUT2D eigenvalue weighted by Gasteiger charge is -2.37. The molecule has 1 atom stereocenters. The van der Waals surface area contributed by atoms with Crippen LogP contribution < -0.4 is 0 Å². The summed E-state index contributed by atoms with van der Waals surface area (Å²) in [6.07, 6.45) is 8.97. The minimum atomic E-state index is 0.350. The first-order chi connectivity index (χ1) is 7.31. The number of hydrogen-bond acceptors (Lipinski definition) is 2. The molecule has 3 nitrogen and oxygen atoms in total. The largest absolute Gasteiger partial charge is 0.337 e. The van der Waals surface area contributed by atoms with Crippen molar-refractivity contribution in [2.24, 2.45) is 0 Å². The Hall–Kier alpha value is -1.01. The average molecular weight is 206 g/mol. The van der Waals surface area contributed by atoms with Crippen LogP contribution in [0.15, 0.2) is 0 Å². The van der Waals surface area contributed by atoms with Crippen LogP contribution in [-0.2, 0) is 4.79 Å². The maximum absolute atomic E-state index is 11.5. The van der Waals surface area contributed by atoms with E-state index in [1.807, 2.05) is 0 Å². The highest BCUT2D eigenvalue weighted by molar-refractivity contribution is 5.78. The lowest BCUT2D eigenvalue weighted by atomic mass is 10.1. The van der Waals surface area contributed by atoms with Crippen molar-refractivity contribution in [2.45, 2.75) is 31.7 Å². The highest BCUT2D eigenvalue weighted by atomic mass is 16.2. The molecule has 0 spiro atoms. The molecule has 2 aliphatic rings. The lowest BCUT2D eigenvalue weighted by molar-refractivity contribution is -0.130. The van der Waals surface area contributed by atoms with Crippen molar-refractivity contribution in [3.8, 4) is 12.3 Å². The molecule has 1 unspecified atom stereocenters. The van der Waals surface area contributed by atoms with Gasteiger partial charge in [0.2, 0.25) is 5.91 Å². The summed E-state index contributed by atoms with van der Waals surface area (Å²) < 4.78 is 0. The molecule has 0 aromatic rings. The Morgan fingerprint density at radius 3 is 3.13 bits per heavy atom. The third-order valence-electron chi connectivity index (χ3n) is 3.37. The summed E-state index contributed by atoms with van der Waals surface area (Å²) in [5, 5.41) is 0. The van der Waals surface area contributed by atoms with Gasteiger partial charge in [-0.25, -0.2) is 0 Å². The van der Waals surface area contributed by atoms with Crippen LogP contribution >= 0.6 is 0 Å². The number of fused-ring (bicyclic) bond motifs is 1. The fourth-order valence-corrected chi connectivity index (χ4v) is 2.54. The van der Waals surface area contributed by atoms with Crippen molar-refractivity contribution in [1.82, 2.24) is 9.80 Å². The standard InChI is InChI=1S/C12H18N2O/c1-2-3-4-7-13-8-9-14-11(10-13)5-6-12(14)15/h1,11H,3-10H2. The molecule has 0 aromatic heterocycles. The van der Waals surface area contributed by atoms with E-state index >= 15 is 0 Å². The summed E-state index contributed by atoms with van der Waals surface area (Å²) in [5.74, 6) is 3.02. The van der Waals surface area contributed by atoms with Crippen LogP contribution in [0.3, 0.4) is 0 Å². The topological polar surface area (TPSA) is 23.6 Å². The quantitative estimate of drug-likeness (QED) is 0.501. The number of amides is 1. The number of nitrogens with zero attached hydrogens (tertiary/aromatic N) is 2. The van der Waals surface area contributed by atoms with Crippen molar-refractivity contribution in [1.29, 1.82) is 0 Å². The van der Waals surface area contributed by atoms with Crippen LogP contribution in [0, 0.1) is 12.3 Å². The van der Waals surface area contributed by atoms with E-state index < -0.39 is 0 Å². The van der Waals surface area contributed by atoms with E-state index in [0.29, 0.717) is 11.9 Å². The second-order valence-electron chi connectivity index (χ2n) is 4.39. The third-order valence-corrected chi connectivity index (χ3v) is 3.37. The monoisotopic (exact) mass is 206 g/mol. The van der Waals surface area contributed by atoms with E-state index in [1.165, 1.54) is 0 Å². The fourth-order valence-electron chi connectivity index (χ4n) is 2.54. The summed E-state index contributed by atoms with van der Waals surface area (Å²) in [7, 11) is 0. The molecule has 15 heavy (non-hydrogen) atoms. The molecule has 82 valence electrons. The van der Waals surface area contributed by atoms with Crippen molar-refractivity contribution in [3.63, 3.8) is 0 Å². The molecule has 1 amide bonds. The van der Waals surface area contributed by atoms with Crippen LogP contribution in [0.2, 0.25) is 0 Å². The Bertz CT molecular complexity index is 282. The predicted molar refractivity (Wildman–Crippen MR) is 59.2 cm³/mol. The Kier molecular flexibility index (Phi) is 3.27. The molecule has 2 aliphatic heterocycles. The molecule has 0 radical (unpaired) electrons. The summed E-state index contributed by atoms with van der Waals surface area (Å²) >= 11 is 0. The summed E-state index contributed by atoms with van der Waals surface area (Å²) in [6, 6.07) is 0.483. The molecule has 0 bridgehead atoms. The number of hydrogen-bond donors (Lipinski definition) is 0. The Balaban J connectivity index is 1.78. The normalized spacial score (nSPS) is 26.5. The van der Waals surface area contributed by atoms with Gasteiger partial charge in [-0.15, -0.1) is 12.3 Å². The van der Waals surface area contributed by atoms with Crippen LogP contribution in [0.5, 0.6) is 0 Å². The van der Waals surface area contributed by atoms with Gasteiger partial charge >= 0.3 is 0 Å². The Morgan fingerprint density at radius 1 is 1.47 bits per heavy atom. The first-order valence-electron chi connectivity index (χ1n) is 5.76. The van der Waals surface area contributed by atoms with Gasteiger partial charge in [-0.05, 0) is 19.4 Å².